The standard InChI is InChI=1S/C21H24N4O2/c1-26-19-7-5-16(6-8-19)12-22-13-20-21-17(9-11-27-20)14-25(24-21)15-18-4-2-3-10-23-18/h2-8,10,14,20,22H,9,11-13,15H2,1H3. The Morgan fingerprint density at radius 3 is 2.89 bits per heavy atom. The highest BCUT2D eigenvalue weighted by Crippen LogP contribution is 2.25. The summed E-state index contributed by atoms with van der Waals surface area (Å²) < 4.78 is 13.1. The van der Waals surface area contributed by atoms with Crippen LogP contribution in [0.25, 0.3) is 0 Å². The van der Waals surface area contributed by atoms with E-state index in [2.05, 4.69) is 28.6 Å². The fraction of sp³-hybridized carbons (Fsp3) is 0.333. The Balaban J connectivity index is 1.37. The first kappa shape index (κ1) is 17.7. The van der Waals surface area contributed by atoms with Crippen molar-refractivity contribution in [2.24, 2.45) is 0 Å². The van der Waals surface area contributed by atoms with E-state index >= 15 is 0 Å². The molecule has 3 aromatic rings. The van der Waals surface area contributed by atoms with Gasteiger partial charge in [0.05, 0.1) is 31.6 Å². The summed E-state index contributed by atoms with van der Waals surface area (Å²) >= 11 is 0. The number of ether oxygens (including phenoxy) is 2. The molecule has 4 rings (SSSR count). The Bertz CT molecular complexity index is 862. The molecule has 0 spiro atoms. The van der Waals surface area contributed by atoms with Gasteiger partial charge in [-0.05, 0) is 41.8 Å². The number of pyridine rings is 1. The molecule has 3 heterocycles. The van der Waals surface area contributed by atoms with Gasteiger partial charge in [-0.25, -0.2) is 0 Å². The van der Waals surface area contributed by atoms with Crippen molar-refractivity contribution in [2.45, 2.75) is 25.6 Å². The van der Waals surface area contributed by atoms with Crippen molar-refractivity contribution in [3.8, 4) is 5.75 Å². The molecule has 0 saturated heterocycles. The summed E-state index contributed by atoms with van der Waals surface area (Å²) in [6.07, 6.45) is 4.83. The second kappa shape index (κ2) is 8.33. The molecule has 1 atom stereocenters. The van der Waals surface area contributed by atoms with Gasteiger partial charge in [0.25, 0.3) is 0 Å². The van der Waals surface area contributed by atoms with Gasteiger partial charge in [-0.2, -0.15) is 5.10 Å². The van der Waals surface area contributed by atoms with E-state index in [1.807, 2.05) is 41.2 Å². The maximum absolute atomic E-state index is 5.97. The van der Waals surface area contributed by atoms with Crippen molar-refractivity contribution in [3.63, 3.8) is 0 Å². The van der Waals surface area contributed by atoms with Crippen LogP contribution in [0.1, 0.15) is 28.6 Å². The van der Waals surface area contributed by atoms with Gasteiger partial charge in [-0.1, -0.05) is 18.2 Å². The highest BCUT2D eigenvalue weighted by molar-refractivity contribution is 5.27. The number of fused-ring (bicyclic) bond motifs is 1. The minimum absolute atomic E-state index is 0.0167. The smallest absolute Gasteiger partial charge is 0.118 e. The van der Waals surface area contributed by atoms with E-state index in [-0.39, 0.29) is 6.10 Å². The summed E-state index contributed by atoms with van der Waals surface area (Å²) in [5.74, 6) is 0.873. The minimum Gasteiger partial charge on any atom is -0.497 e. The van der Waals surface area contributed by atoms with E-state index in [4.69, 9.17) is 14.6 Å². The molecule has 0 fully saturated rings. The third-order valence-electron chi connectivity index (χ3n) is 4.73. The first-order valence-corrected chi connectivity index (χ1v) is 9.23. The van der Waals surface area contributed by atoms with Crippen LogP contribution in [0.15, 0.2) is 54.9 Å². The molecule has 1 aromatic carbocycles. The van der Waals surface area contributed by atoms with Crippen LogP contribution in [0, 0.1) is 0 Å². The fourth-order valence-corrected chi connectivity index (χ4v) is 3.32. The molecule has 0 aliphatic carbocycles. The van der Waals surface area contributed by atoms with Crippen LogP contribution in [0.2, 0.25) is 0 Å². The lowest BCUT2D eigenvalue weighted by Crippen LogP contribution is -2.27. The Labute approximate surface area is 159 Å². The summed E-state index contributed by atoms with van der Waals surface area (Å²) in [5, 5.41) is 8.25. The number of methoxy groups -OCH3 is 1. The van der Waals surface area contributed by atoms with Gasteiger partial charge in [-0.3, -0.25) is 9.67 Å². The fourth-order valence-electron chi connectivity index (χ4n) is 3.32. The van der Waals surface area contributed by atoms with Crippen molar-refractivity contribution in [1.82, 2.24) is 20.1 Å². The van der Waals surface area contributed by atoms with Crippen molar-refractivity contribution >= 4 is 0 Å². The van der Waals surface area contributed by atoms with Crippen molar-refractivity contribution < 1.29 is 9.47 Å². The molecule has 0 bridgehead atoms. The maximum atomic E-state index is 5.97. The van der Waals surface area contributed by atoms with Crippen LogP contribution < -0.4 is 10.1 Å². The third-order valence-corrected chi connectivity index (χ3v) is 4.73. The van der Waals surface area contributed by atoms with Gasteiger partial charge in [0.15, 0.2) is 0 Å². The highest BCUT2D eigenvalue weighted by Gasteiger charge is 2.24. The number of nitrogens with zero attached hydrogens (tertiary/aromatic N) is 3. The average Bonchev–Trinajstić information content (AvgIpc) is 3.12. The lowest BCUT2D eigenvalue weighted by Gasteiger charge is -2.22. The van der Waals surface area contributed by atoms with E-state index in [9.17, 15) is 0 Å². The molecule has 0 saturated carbocycles. The van der Waals surface area contributed by atoms with Crippen LogP contribution in [0.5, 0.6) is 5.75 Å². The lowest BCUT2D eigenvalue weighted by molar-refractivity contribution is 0.0393. The van der Waals surface area contributed by atoms with Gasteiger partial charge in [-0.15, -0.1) is 0 Å². The number of rotatable bonds is 7. The van der Waals surface area contributed by atoms with Gasteiger partial charge >= 0.3 is 0 Å². The topological polar surface area (TPSA) is 61.2 Å². The van der Waals surface area contributed by atoms with Crippen LogP contribution in [0.4, 0.5) is 0 Å². The number of hydrogen-bond donors (Lipinski definition) is 1. The van der Waals surface area contributed by atoms with E-state index < -0.39 is 0 Å². The van der Waals surface area contributed by atoms with Crippen molar-refractivity contribution in [3.05, 3.63) is 77.4 Å². The van der Waals surface area contributed by atoms with E-state index in [0.717, 1.165) is 43.3 Å². The van der Waals surface area contributed by atoms with E-state index in [1.165, 1.54) is 11.1 Å². The quantitative estimate of drug-likeness (QED) is 0.698. The zero-order valence-corrected chi connectivity index (χ0v) is 15.5. The predicted molar refractivity (Wildman–Crippen MR) is 103 cm³/mol. The minimum atomic E-state index is -0.0167. The molecule has 1 aliphatic heterocycles. The number of benzene rings is 1. The second-order valence-corrected chi connectivity index (χ2v) is 6.65. The molecular weight excluding hydrogens is 340 g/mol. The summed E-state index contributed by atoms with van der Waals surface area (Å²) in [4.78, 5) is 4.38. The Hall–Kier alpha value is -2.70. The van der Waals surface area contributed by atoms with Gasteiger partial charge in [0, 0.05) is 25.5 Å². The number of hydrogen-bond acceptors (Lipinski definition) is 5. The second-order valence-electron chi connectivity index (χ2n) is 6.65. The Morgan fingerprint density at radius 2 is 2.11 bits per heavy atom. The molecule has 27 heavy (non-hydrogen) atoms. The van der Waals surface area contributed by atoms with Crippen LogP contribution in [-0.4, -0.2) is 35.0 Å². The molecule has 1 aliphatic rings. The summed E-state index contributed by atoms with van der Waals surface area (Å²) in [6, 6.07) is 14.0. The molecule has 1 unspecified atom stereocenters. The maximum Gasteiger partial charge on any atom is 0.118 e. The lowest BCUT2D eigenvalue weighted by atomic mass is 10.1. The largest absolute Gasteiger partial charge is 0.497 e. The Kier molecular flexibility index (Phi) is 5.46. The monoisotopic (exact) mass is 364 g/mol. The first-order valence-electron chi connectivity index (χ1n) is 9.23. The molecule has 0 amide bonds. The first-order chi connectivity index (χ1) is 13.3. The van der Waals surface area contributed by atoms with Gasteiger partial charge < -0.3 is 14.8 Å². The summed E-state index contributed by atoms with van der Waals surface area (Å²) in [7, 11) is 1.68. The normalized spacial score (nSPS) is 16.1. The molecule has 1 N–H and O–H groups in total. The summed E-state index contributed by atoms with van der Waals surface area (Å²) in [5.41, 5.74) is 4.54. The molecule has 6 heteroatoms. The summed E-state index contributed by atoms with van der Waals surface area (Å²) in [6.45, 7) is 2.93. The van der Waals surface area contributed by atoms with Crippen LogP contribution in [0.3, 0.4) is 0 Å². The van der Waals surface area contributed by atoms with Crippen molar-refractivity contribution in [2.75, 3.05) is 20.3 Å². The van der Waals surface area contributed by atoms with E-state index in [0.29, 0.717) is 6.54 Å². The highest BCUT2D eigenvalue weighted by atomic mass is 16.5. The SMILES string of the molecule is COc1ccc(CNCC2OCCc3cn(Cc4ccccn4)nc32)cc1. The molecule has 140 valence electrons. The van der Waals surface area contributed by atoms with Crippen molar-refractivity contribution in [1.29, 1.82) is 0 Å². The van der Waals surface area contributed by atoms with Gasteiger partial charge in [0.1, 0.15) is 11.9 Å². The van der Waals surface area contributed by atoms with Crippen LogP contribution >= 0.6 is 0 Å². The molecular formula is C21H24N4O2. The zero-order chi connectivity index (χ0) is 18.5. The number of nitrogens with one attached hydrogen (secondary N) is 1. The van der Waals surface area contributed by atoms with Gasteiger partial charge in [0.2, 0.25) is 0 Å². The van der Waals surface area contributed by atoms with E-state index in [1.54, 1.807) is 7.11 Å². The number of aromatic nitrogens is 3. The average molecular weight is 364 g/mol. The van der Waals surface area contributed by atoms with Crippen LogP contribution in [-0.2, 0) is 24.2 Å². The molecule has 6 nitrogen and oxygen atoms in total. The molecule has 0 radical (unpaired) electrons. The Morgan fingerprint density at radius 1 is 1.22 bits per heavy atom. The third kappa shape index (κ3) is 4.35. The molecule has 2 aromatic heterocycles. The zero-order valence-electron chi connectivity index (χ0n) is 15.5. The predicted octanol–water partition coefficient (Wildman–Crippen LogP) is 2.74.